The molecule has 3 nitrogen and oxygen atoms in total. The molecule has 0 amide bonds. The van der Waals surface area contributed by atoms with Gasteiger partial charge in [0.05, 0.1) is 6.54 Å². The van der Waals surface area contributed by atoms with Gasteiger partial charge >= 0.3 is 12.1 Å². The van der Waals surface area contributed by atoms with Gasteiger partial charge < -0.3 is 5.11 Å². The lowest BCUT2D eigenvalue weighted by Gasteiger charge is -2.59. The fraction of sp³-hybridized carbons (Fsp3) is 0.923. The van der Waals surface area contributed by atoms with Crippen molar-refractivity contribution in [1.82, 2.24) is 5.32 Å². The van der Waals surface area contributed by atoms with E-state index in [4.69, 9.17) is 0 Å². The fourth-order valence-corrected chi connectivity index (χ4v) is 4.89. The molecule has 4 bridgehead atoms. The molecule has 0 unspecified atom stereocenters. The molecule has 2 N–H and O–H groups in total. The van der Waals surface area contributed by atoms with Crippen molar-refractivity contribution in [2.45, 2.75) is 43.8 Å². The third kappa shape index (κ3) is 2.04. The average Bonchev–Trinajstić information content (AvgIpc) is 2.25. The topological polar surface area (TPSA) is 49.3 Å². The normalized spacial score (nSPS) is 44.6. The fourth-order valence-electron chi connectivity index (χ4n) is 4.89. The van der Waals surface area contributed by atoms with Gasteiger partial charge in [-0.25, -0.2) is 0 Å². The van der Waals surface area contributed by atoms with Crippen LogP contribution in [0.3, 0.4) is 0 Å². The Hall–Kier alpha value is -0.780. The highest BCUT2D eigenvalue weighted by molar-refractivity contribution is 5.80. The molecule has 0 heterocycles. The first-order valence-corrected chi connectivity index (χ1v) is 6.86. The number of halogens is 3. The summed E-state index contributed by atoms with van der Waals surface area (Å²) in [7, 11) is 0. The van der Waals surface area contributed by atoms with Crippen LogP contribution in [0.4, 0.5) is 13.2 Å². The molecule has 0 spiro atoms. The van der Waals surface area contributed by atoms with Crippen molar-refractivity contribution in [3.8, 4) is 0 Å². The maximum Gasteiger partial charge on any atom is 0.401 e. The Morgan fingerprint density at radius 1 is 1.11 bits per heavy atom. The summed E-state index contributed by atoms with van der Waals surface area (Å²) < 4.78 is 37.4. The molecular weight excluding hydrogens is 259 g/mol. The van der Waals surface area contributed by atoms with E-state index in [-0.39, 0.29) is 11.8 Å². The quantitative estimate of drug-likeness (QED) is 0.833. The highest BCUT2D eigenvalue weighted by Gasteiger charge is 2.61. The van der Waals surface area contributed by atoms with Gasteiger partial charge in [-0.15, -0.1) is 0 Å². The van der Waals surface area contributed by atoms with Crippen molar-refractivity contribution in [3.63, 3.8) is 0 Å². The minimum Gasteiger partial charge on any atom is -0.480 e. The summed E-state index contributed by atoms with van der Waals surface area (Å²) >= 11 is 0. The van der Waals surface area contributed by atoms with E-state index in [2.05, 4.69) is 5.32 Å². The van der Waals surface area contributed by atoms with Crippen molar-refractivity contribution in [2.24, 2.45) is 23.7 Å². The second kappa shape index (κ2) is 4.11. The van der Waals surface area contributed by atoms with Gasteiger partial charge in [-0.2, -0.15) is 13.2 Å². The van der Waals surface area contributed by atoms with Crippen molar-refractivity contribution in [3.05, 3.63) is 0 Å². The van der Waals surface area contributed by atoms with E-state index >= 15 is 0 Å². The predicted molar refractivity (Wildman–Crippen MR) is 61.5 cm³/mol. The van der Waals surface area contributed by atoms with Crippen LogP contribution in [-0.2, 0) is 4.79 Å². The monoisotopic (exact) mass is 277 g/mol. The standard InChI is InChI=1S/C13H18F3NO2/c14-12(15,16)6-17-13(11(18)19)9-2-7-1-8(4-9)5-10(13)3-7/h7-10,17H,1-6H2,(H,18,19). The summed E-state index contributed by atoms with van der Waals surface area (Å²) in [5.74, 6) is -0.303. The highest BCUT2D eigenvalue weighted by Crippen LogP contribution is 2.58. The molecule has 4 aliphatic carbocycles. The number of rotatable bonds is 3. The Morgan fingerprint density at radius 3 is 1.95 bits per heavy atom. The molecule has 0 aromatic carbocycles. The maximum atomic E-state index is 12.5. The molecule has 6 heteroatoms. The number of hydrogen-bond acceptors (Lipinski definition) is 2. The first-order valence-electron chi connectivity index (χ1n) is 6.86. The summed E-state index contributed by atoms with van der Waals surface area (Å²) in [5.41, 5.74) is -1.34. The van der Waals surface area contributed by atoms with E-state index in [0.29, 0.717) is 11.8 Å². The summed E-state index contributed by atoms with van der Waals surface area (Å²) in [4.78, 5) is 11.7. The van der Waals surface area contributed by atoms with E-state index < -0.39 is 24.2 Å². The molecule has 4 saturated carbocycles. The Bertz CT molecular complexity index is 366. The Balaban J connectivity index is 1.86. The second-order valence-electron chi connectivity index (χ2n) is 6.45. The number of carboxylic acid groups (broad SMARTS) is 1. The molecule has 19 heavy (non-hydrogen) atoms. The molecule has 108 valence electrons. The van der Waals surface area contributed by atoms with Gasteiger partial charge in [-0.05, 0) is 55.8 Å². The third-order valence-electron chi connectivity index (χ3n) is 5.36. The molecule has 4 rings (SSSR count). The van der Waals surface area contributed by atoms with Crippen LogP contribution in [0, 0.1) is 23.7 Å². The van der Waals surface area contributed by atoms with Crippen molar-refractivity contribution >= 4 is 5.97 Å². The smallest absolute Gasteiger partial charge is 0.401 e. The van der Waals surface area contributed by atoms with Gasteiger partial charge in [0.15, 0.2) is 0 Å². The zero-order valence-corrected chi connectivity index (χ0v) is 10.5. The summed E-state index contributed by atoms with van der Waals surface area (Å²) in [6, 6.07) is 0. The Kier molecular flexibility index (Phi) is 2.86. The van der Waals surface area contributed by atoms with Crippen LogP contribution in [0.5, 0.6) is 0 Å². The van der Waals surface area contributed by atoms with Crippen LogP contribution >= 0.6 is 0 Å². The van der Waals surface area contributed by atoms with E-state index in [9.17, 15) is 23.1 Å². The molecule has 0 aliphatic heterocycles. The van der Waals surface area contributed by atoms with Gasteiger partial charge in [0.25, 0.3) is 0 Å². The zero-order valence-electron chi connectivity index (χ0n) is 10.5. The molecular formula is C13H18F3NO2. The SMILES string of the molecule is O=C(O)C1(NCC(F)(F)F)C2CC3CC(C2)CC1C3. The molecule has 0 radical (unpaired) electrons. The van der Waals surface area contributed by atoms with Crippen molar-refractivity contribution < 1.29 is 23.1 Å². The number of nitrogens with one attached hydrogen (secondary N) is 1. The maximum absolute atomic E-state index is 12.5. The highest BCUT2D eigenvalue weighted by atomic mass is 19.4. The van der Waals surface area contributed by atoms with Crippen LogP contribution in [0.25, 0.3) is 0 Å². The molecule has 0 atom stereocenters. The zero-order chi connectivity index (χ0) is 13.8. The number of hydrogen-bond donors (Lipinski definition) is 2. The Morgan fingerprint density at radius 2 is 1.58 bits per heavy atom. The molecule has 4 aliphatic rings. The summed E-state index contributed by atoms with van der Waals surface area (Å²) in [6.07, 6.45) is -0.151. The predicted octanol–water partition coefficient (Wildman–Crippen LogP) is 2.42. The second-order valence-corrected chi connectivity index (χ2v) is 6.45. The van der Waals surface area contributed by atoms with Gasteiger partial charge in [0, 0.05) is 0 Å². The number of aliphatic carboxylic acids is 1. The summed E-state index contributed by atoms with van der Waals surface area (Å²) in [6.45, 7) is -1.21. The lowest BCUT2D eigenvalue weighted by molar-refractivity contribution is -0.173. The van der Waals surface area contributed by atoms with E-state index in [1.807, 2.05) is 0 Å². The minimum absolute atomic E-state index is 0.136. The molecule has 0 aromatic heterocycles. The van der Waals surface area contributed by atoms with Gasteiger partial charge in [-0.3, -0.25) is 10.1 Å². The third-order valence-corrected chi connectivity index (χ3v) is 5.36. The lowest BCUT2D eigenvalue weighted by atomic mass is 9.48. The first kappa shape index (κ1) is 13.2. The van der Waals surface area contributed by atoms with Crippen LogP contribution in [0.1, 0.15) is 32.1 Å². The van der Waals surface area contributed by atoms with Crippen LogP contribution in [0.15, 0.2) is 0 Å². The number of carboxylic acids is 1. The van der Waals surface area contributed by atoms with E-state index in [1.165, 1.54) is 0 Å². The van der Waals surface area contributed by atoms with Crippen LogP contribution in [-0.4, -0.2) is 29.3 Å². The number of alkyl halides is 3. The van der Waals surface area contributed by atoms with E-state index in [1.54, 1.807) is 0 Å². The summed E-state index contributed by atoms with van der Waals surface area (Å²) in [5, 5.41) is 12.0. The largest absolute Gasteiger partial charge is 0.480 e. The van der Waals surface area contributed by atoms with Gasteiger partial charge in [0.2, 0.25) is 0 Å². The average molecular weight is 277 g/mol. The minimum atomic E-state index is -4.36. The van der Waals surface area contributed by atoms with Crippen molar-refractivity contribution in [1.29, 1.82) is 0 Å². The Labute approximate surface area is 109 Å². The van der Waals surface area contributed by atoms with Gasteiger partial charge in [0.1, 0.15) is 5.54 Å². The number of carbonyl (C=O) groups is 1. The molecule has 0 saturated heterocycles. The van der Waals surface area contributed by atoms with Crippen LogP contribution < -0.4 is 5.32 Å². The van der Waals surface area contributed by atoms with Crippen molar-refractivity contribution in [2.75, 3.05) is 6.54 Å². The van der Waals surface area contributed by atoms with E-state index in [0.717, 1.165) is 32.1 Å². The molecule has 4 fully saturated rings. The molecule has 0 aromatic rings. The van der Waals surface area contributed by atoms with Gasteiger partial charge in [-0.1, -0.05) is 0 Å². The first-order chi connectivity index (χ1) is 8.81. The van der Waals surface area contributed by atoms with Crippen LogP contribution in [0.2, 0.25) is 0 Å². The lowest BCUT2D eigenvalue weighted by Crippen LogP contribution is -2.69.